The van der Waals surface area contributed by atoms with Gasteiger partial charge in [-0.2, -0.15) is 0 Å². The number of carbonyl (C=O) groups excluding carboxylic acids is 1. The van der Waals surface area contributed by atoms with E-state index in [1.54, 1.807) is 24.7 Å². The summed E-state index contributed by atoms with van der Waals surface area (Å²) >= 11 is 1.60. The highest BCUT2D eigenvalue weighted by atomic mass is 32.1. The van der Waals surface area contributed by atoms with Crippen molar-refractivity contribution < 1.29 is 4.79 Å². The molecule has 6 heteroatoms. The minimum Gasteiger partial charge on any atom is -0.357 e. The molecule has 2 aromatic heterocycles. The smallest absolute Gasteiger partial charge is 0.242 e. The fraction of sp³-hybridized carbons (Fsp3) is 0.417. The summed E-state index contributed by atoms with van der Waals surface area (Å²) in [6.45, 7) is 0.875. The molecule has 5 nitrogen and oxygen atoms in total. The van der Waals surface area contributed by atoms with Crippen LogP contribution in [0.5, 0.6) is 0 Å². The van der Waals surface area contributed by atoms with Gasteiger partial charge in [-0.1, -0.05) is 0 Å². The first kappa shape index (κ1) is 11.4. The molecule has 1 saturated heterocycles. The van der Waals surface area contributed by atoms with Gasteiger partial charge in [-0.25, -0.2) is 9.97 Å². The molecule has 1 atom stereocenters. The van der Waals surface area contributed by atoms with Gasteiger partial charge < -0.3 is 10.2 Å². The molecule has 18 heavy (non-hydrogen) atoms. The van der Waals surface area contributed by atoms with Crippen molar-refractivity contribution in [3.63, 3.8) is 0 Å². The van der Waals surface area contributed by atoms with Crippen LogP contribution in [0, 0.1) is 0 Å². The Hall–Kier alpha value is -1.69. The lowest BCUT2D eigenvalue weighted by molar-refractivity contribution is -0.121. The zero-order chi connectivity index (χ0) is 12.5. The third kappa shape index (κ3) is 1.73. The van der Waals surface area contributed by atoms with Gasteiger partial charge in [-0.15, -0.1) is 11.3 Å². The predicted octanol–water partition coefficient (Wildman–Crippen LogP) is 1.41. The highest BCUT2D eigenvalue weighted by molar-refractivity contribution is 7.16. The van der Waals surface area contributed by atoms with E-state index in [2.05, 4.69) is 20.2 Å². The van der Waals surface area contributed by atoms with Crippen molar-refractivity contribution in [1.82, 2.24) is 15.3 Å². The van der Waals surface area contributed by atoms with Gasteiger partial charge in [-0.05, 0) is 24.3 Å². The first-order chi connectivity index (χ1) is 8.81. The number of likely N-dealkylation sites (N-methyl/N-ethyl adjacent to an activating group) is 1. The summed E-state index contributed by atoms with van der Waals surface area (Å²) in [5.74, 6) is 0.946. The Morgan fingerprint density at radius 1 is 1.56 bits per heavy atom. The van der Waals surface area contributed by atoms with Gasteiger partial charge in [0.15, 0.2) is 0 Å². The second-order valence-electron chi connectivity index (χ2n) is 4.30. The standard InChI is InChI=1S/C12H14N4OS/c1-13-11(17)9-3-2-5-16(9)10-8-4-6-18-12(8)15-7-14-10/h4,6-7,9H,2-3,5H2,1H3,(H,13,17)/t9-/m0/s1. The van der Waals surface area contributed by atoms with E-state index in [-0.39, 0.29) is 11.9 Å². The van der Waals surface area contributed by atoms with Gasteiger partial charge in [0.2, 0.25) is 5.91 Å². The van der Waals surface area contributed by atoms with Gasteiger partial charge in [0.1, 0.15) is 23.0 Å². The van der Waals surface area contributed by atoms with Crippen LogP contribution in [-0.4, -0.2) is 35.5 Å². The largest absolute Gasteiger partial charge is 0.357 e. The van der Waals surface area contributed by atoms with Gasteiger partial charge in [-0.3, -0.25) is 4.79 Å². The van der Waals surface area contributed by atoms with E-state index in [4.69, 9.17) is 0 Å². The molecule has 1 aliphatic rings. The molecule has 1 fully saturated rings. The third-order valence-corrected chi connectivity index (χ3v) is 4.14. The summed E-state index contributed by atoms with van der Waals surface area (Å²) < 4.78 is 0. The van der Waals surface area contributed by atoms with Gasteiger partial charge in [0, 0.05) is 13.6 Å². The number of amides is 1. The molecule has 1 amide bonds. The number of carbonyl (C=O) groups is 1. The minimum atomic E-state index is -0.104. The number of anilines is 1. The fourth-order valence-electron chi connectivity index (χ4n) is 2.47. The number of nitrogens with zero attached hydrogens (tertiary/aromatic N) is 3. The monoisotopic (exact) mass is 262 g/mol. The lowest BCUT2D eigenvalue weighted by atomic mass is 10.2. The van der Waals surface area contributed by atoms with Crippen LogP contribution in [0.1, 0.15) is 12.8 Å². The molecule has 94 valence electrons. The van der Waals surface area contributed by atoms with E-state index >= 15 is 0 Å². The Labute approximate surface area is 109 Å². The maximum absolute atomic E-state index is 11.9. The van der Waals surface area contributed by atoms with Gasteiger partial charge in [0.25, 0.3) is 0 Å². The molecule has 2 aromatic rings. The summed E-state index contributed by atoms with van der Waals surface area (Å²) in [6.07, 6.45) is 3.48. The van der Waals surface area contributed by atoms with Gasteiger partial charge >= 0.3 is 0 Å². The highest BCUT2D eigenvalue weighted by Crippen LogP contribution is 2.31. The summed E-state index contributed by atoms with van der Waals surface area (Å²) in [5, 5.41) is 5.77. The van der Waals surface area contributed by atoms with E-state index < -0.39 is 0 Å². The average Bonchev–Trinajstić information content (AvgIpc) is 3.05. The van der Waals surface area contributed by atoms with Gasteiger partial charge in [0.05, 0.1) is 5.39 Å². The number of aromatic nitrogens is 2. The van der Waals surface area contributed by atoms with Crippen LogP contribution in [0.15, 0.2) is 17.8 Å². The maximum Gasteiger partial charge on any atom is 0.242 e. The zero-order valence-corrected chi connectivity index (χ0v) is 10.9. The summed E-state index contributed by atoms with van der Waals surface area (Å²) in [4.78, 5) is 23.6. The lowest BCUT2D eigenvalue weighted by Gasteiger charge is -2.24. The molecular weight excluding hydrogens is 248 g/mol. The Morgan fingerprint density at radius 2 is 2.44 bits per heavy atom. The molecule has 0 saturated carbocycles. The van der Waals surface area contributed by atoms with Crippen molar-refractivity contribution in [2.45, 2.75) is 18.9 Å². The number of thiophene rings is 1. The second kappa shape index (κ2) is 4.53. The fourth-order valence-corrected chi connectivity index (χ4v) is 3.19. The molecule has 1 N–H and O–H groups in total. The normalized spacial score (nSPS) is 19.4. The van der Waals surface area contributed by atoms with Crippen molar-refractivity contribution >= 4 is 33.3 Å². The number of rotatable bonds is 2. The van der Waals surface area contributed by atoms with Crippen LogP contribution in [0.4, 0.5) is 5.82 Å². The second-order valence-corrected chi connectivity index (χ2v) is 5.20. The minimum absolute atomic E-state index is 0.0643. The Kier molecular flexibility index (Phi) is 2.87. The Bertz CT molecular complexity index is 582. The number of hydrogen-bond donors (Lipinski definition) is 1. The summed E-state index contributed by atoms with van der Waals surface area (Å²) in [5.41, 5.74) is 0. The summed E-state index contributed by atoms with van der Waals surface area (Å²) in [6, 6.07) is 1.92. The van der Waals surface area contributed by atoms with Crippen molar-refractivity contribution in [1.29, 1.82) is 0 Å². The number of hydrogen-bond acceptors (Lipinski definition) is 5. The van der Waals surface area contributed by atoms with E-state index in [9.17, 15) is 4.79 Å². The predicted molar refractivity (Wildman–Crippen MR) is 71.8 cm³/mol. The van der Waals surface area contributed by atoms with Crippen LogP contribution in [0.3, 0.4) is 0 Å². The molecule has 0 spiro atoms. The average molecular weight is 262 g/mol. The van der Waals surface area contributed by atoms with Crippen LogP contribution in [0.25, 0.3) is 10.2 Å². The molecule has 3 heterocycles. The van der Waals surface area contributed by atoms with Crippen molar-refractivity contribution in [3.8, 4) is 0 Å². The Balaban J connectivity index is 2.03. The number of fused-ring (bicyclic) bond motifs is 1. The molecule has 0 radical (unpaired) electrons. The molecule has 0 aromatic carbocycles. The molecule has 0 unspecified atom stereocenters. The number of nitrogens with one attached hydrogen (secondary N) is 1. The summed E-state index contributed by atoms with van der Waals surface area (Å²) in [7, 11) is 1.68. The quantitative estimate of drug-likeness (QED) is 0.889. The van der Waals surface area contributed by atoms with Crippen molar-refractivity contribution in [3.05, 3.63) is 17.8 Å². The Morgan fingerprint density at radius 3 is 3.28 bits per heavy atom. The molecular formula is C12H14N4OS. The van der Waals surface area contributed by atoms with Crippen LogP contribution in [0.2, 0.25) is 0 Å². The van der Waals surface area contributed by atoms with Crippen LogP contribution < -0.4 is 10.2 Å². The van der Waals surface area contributed by atoms with E-state index in [0.717, 1.165) is 35.4 Å². The first-order valence-electron chi connectivity index (χ1n) is 5.97. The SMILES string of the molecule is CNC(=O)[C@@H]1CCCN1c1ncnc2sccc12. The third-order valence-electron chi connectivity index (χ3n) is 3.31. The maximum atomic E-state index is 11.9. The molecule has 0 bridgehead atoms. The lowest BCUT2D eigenvalue weighted by Crippen LogP contribution is -2.42. The van der Waals surface area contributed by atoms with Crippen LogP contribution in [-0.2, 0) is 4.79 Å². The van der Waals surface area contributed by atoms with Crippen LogP contribution >= 0.6 is 11.3 Å². The molecule has 3 rings (SSSR count). The van der Waals surface area contributed by atoms with Crippen molar-refractivity contribution in [2.24, 2.45) is 0 Å². The highest BCUT2D eigenvalue weighted by Gasteiger charge is 2.32. The van der Waals surface area contributed by atoms with E-state index in [1.165, 1.54) is 0 Å². The first-order valence-corrected chi connectivity index (χ1v) is 6.85. The molecule has 0 aliphatic carbocycles. The van der Waals surface area contributed by atoms with E-state index in [1.807, 2.05) is 11.4 Å². The molecule has 1 aliphatic heterocycles. The van der Waals surface area contributed by atoms with E-state index in [0.29, 0.717) is 0 Å². The zero-order valence-electron chi connectivity index (χ0n) is 10.1. The topological polar surface area (TPSA) is 58.1 Å². The van der Waals surface area contributed by atoms with Crippen molar-refractivity contribution in [2.75, 3.05) is 18.5 Å².